The van der Waals surface area contributed by atoms with Crippen molar-refractivity contribution in [3.05, 3.63) is 23.8 Å². The molecule has 4 heteroatoms. The quantitative estimate of drug-likeness (QED) is 0.906. The van der Waals surface area contributed by atoms with Crippen LogP contribution in [0.4, 0.5) is 0 Å². The summed E-state index contributed by atoms with van der Waals surface area (Å²) in [4.78, 5) is 2.52. The zero-order chi connectivity index (χ0) is 15.4. The molecular formula is C17H28N2O2. The largest absolute Gasteiger partial charge is 0.497 e. The summed E-state index contributed by atoms with van der Waals surface area (Å²) in [5.74, 6) is 1.65. The van der Waals surface area contributed by atoms with Crippen LogP contribution in [0.25, 0.3) is 0 Å². The van der Waals surface area contributed by atoms with Gasteiger partial charge in [0.15, 0.2) is 0 Å². The molecule has 1 aromatic rings. The fourth-order valence-corrected chi connectivity index (χ4v) is 3.29. The van der Waals surface area contributed by atoms with Crippen LogP contribution in [0.5, 0.6) is 11.5 Å². The van der Waals surface area contributed by atoms with E-state index in [1.165, 1.54) is 19.3 Å². The van der Waals surface area contributed by atoms with Gasteiger partial charge in [-0.15, -0.1) is 0 Å². The Bertz CT molecular complexity index is 454. The molecule has 1 aliphatic rings. The van der Waals surface area contributed by atoms with Gasteiger partial charge in [-0.3, -0.25) is 4.90 Å². The lowest BCUT2D eigenvalue weighted by Crippen LogP contribution is -2.46. The highest BCUT2D eigenvalue weighted by Crippen LogP contribution is 2.31. The highest BCUT2D eigenvalue weighted by atomic mass is 16.5. The van der Waals surface area contributed by atoms with Crippen LogP contribution in [0.2, 0.25) is 0 Å². The molecule has 1 aliphatic heterocycles. The van der Waals surface area contributed by atoms with Gasteiger partial charge in [0.05, 0.1) is 14.2 Å². The Labute approximate surface area is 128 Å². The van der Waals surface area contributed by atoms with Gasteiger partial charge in [0, 0.05) is 30.2 Å². The number of piperidine rings is 1. The first kappa shape index (κ1) is 16.1. The molecule has 1 aromatic carbocycles. The van der Waals surface area contributed by atoms with Crippen LogP contribution in [0.15, 0.2) is 18.2 Å². The number of nitrogens with two attached hydrogens (primary N) is 1. The van der Waals surface area contributed by atoms with Gasteiger partial charge >= 0.3 is 0 Å². The molecule has 21 heavy (non-hydrogen) atoms. The van der Waals surface area contributed by atoms with Crippen molar-refractivity contribution >= 4 is 0 Å². The molecule has 1 fully saturated rings. The van der Waals surface area contributed by atoms with Crippen molar-refractivity contribution in [2.45, 2.75) is 51.2 Å². The Morgan fingerprint density at radius 2 is 1.86 bits per heavy atom. The molecule has 3 unspecified atom stereocenters. The molecule has 4 nitrogen and oxygen atoms in total. The highest BCUT2D eigenvalue weighted by molar-refractivity contribution is 5.42. The van der Waals surface area contributed by atoms with Gasteiger partial charge in [-0.25, -0.2) is 0 Å². The van der Waals surface area contributed by atoms with Gasteiger partial charge in [0.1, 0.15) is 11.5 Å². The van der Waals surface area contributed by atoms with Crippen LogP contribution in [-0.4, -0.2) is 37.7 Å². The molecule has 0 saturated carbocycles. The van der Waals surface area contributed by atoms with E-state index in [2.05, 4.69) is 18.7 Å². The molecular weight excluding hydrogens is 264 g/mol. The summed E-state index contributed by atoms with van der Waals surface area (Å²) < 4.78 is 10.8. The van der Waals surface area contributed by atoms with Gasteiger partial charge in [-0.2, -0.15) is 0 Å². The average molecular weight is 292 g/mol. The van der Waals surface area contributed by atoms with Crippen molar-refractivity contribution in [3.63, 3.8) is 0 Å². The molecule has 0 spiro atoms. The third kappa shape index (κ3) is 3.69. The minimum Gasteiger partial charge on any atom is -0.497 e. The topological polar surface area (TPSA) is 47.7 Å². The van der Waals surface area contributed by atoms with Crippen LogP contribution < -0.4 is 15.2 Å². The molecule has 2 N–H and O–H groups in total. The van der Waals surface area contributed by atoms with Gasteiger partial charge in [-0.05, 0) is 44.9 Å². The summed E-state index contributed by atoms with van der Waals surface area (Å²) in [7, 11) is 3.36. The summed E-state index contributed by atoms with van der Waals surface area (Å²) >= 11 is 0. The number of hydrogen-bond donors (Lipinski definition) is 1. The van der Waals surface area contributed by atoms with Gasteiger partial charge < -0.3 is 15.2 Å². The molecule has 0 aliphatic carbocycles. The monoisotopic (exact) mass is 292 g/mol. The Morgan fingerprint density at radius 1 is 1.19 bits per heavy atom. The van der Waals surface area contributed by atoms with Crippen molar-refractivity contribution in [1.82, 2.24) is 4.90 Å². The van der Waals surface area contributed by atoms with Gasteiger partial charge in [0.2, 0.25) is 0 Å². The number of hydrogen-bond acceptors (Lipinski definition) is 4. The van der Waals surface area contributed by atoms with Crippen molar-refractivity contribution in [2.75, 3.05) is 20.8 Å². The summed E-state index contributed by atoms with van der Waals surface area (Å²) in [5.41, 5.74) is 7.49. The zero-order valence-corrected chi connectivity index (χ0v) is 13.6. The van der Waals surface area contributed by atoms with E-state index in [-0.39, 0.29) is 6.04 Å². The normalized spacial score (nSPS) is 24.6. The van der Waals surface area contributed by atoms with Crippen LogP contribution in [0, 0.1) is 0 Å². The summed E-state index contributed by atoms with van der Waals surface area (Å²) in [6.07, 6.45) is 3.83. The summed E-state index contributed by atoms with van der Waals surface area (Å²) in [6.45, 7) is 5.45. The van der Waals surface area contributed by atoms with E-state index in [1.807, 2.05) is 18.2 Å². The molecule has 118 valence electrons. The standard InChI is InChI=1S/C17H28N2O2/c1-12-6-5-7-13(2)19(12)11-16(18)15-10-14(20-3)8-9-17(15)21-4/h8-10,12-13,16H,5-7,11,18H2,1-4H3. The minimum atomic E-state index is -0.0713. The molecule has 1 heterocycles. The van der Waals surface area contributed by atoms with Crippen LogP contribution in [0.1, 0.15) is 44.7 Å². The fraction of sp³-hybridized carbons (Fsp3) is 0.647. The first-order chi connectivity index (χ1) is 10.1. The minimum absolute atomic E-state index is 0.0713. The number of rotatable bonds is 5. The third-order valence-corrected chi connectivity index (χ3v) is 4.62. The van der Waals surface area contributed by atoms with E-state index in [9.17, 15) is 0 Å². The first-order valence-electron chi connectivity index (χ1n) is 7.80. The number of benzene rings is 1. The second-order valence-corrected chi connectivity index (χ2v) is 6.04. The molecule has 0 bridgehead atoms. The Kier molecular flexibility index (Phi) is 5.48. The van der Waals surface area contributed by atoms with E-state index in [1.54, 1.807) is 14.2 Å². The molecule has 0 amide bonds. The van der Waals surface area contributed by atoms with E-state index < -0.39 is 0 Å². The number of nitrogens with zero attached hydrogens (tertiary/aromatic N) is 1. The molecule has 0 radical (unpaired) electrons. The fourth-order valence-electron chi connectivity index (χ4n) is 3.29. The third-order valence-electron chi connectivity index (χ3n) is 4.62. The van der Waals surface area contributed by atoms with Gasteiger partial charge in [-0.1, -0.05) is 6.42 Å². The predicted molar refractivity (Wildman–Crippen MR) is 86.0 cm³/mol. The lowest BCUT2D eigenvalue weighted by atomic mass is 9.95. The van der Waals surface area contributed by atoms with Crippen LogP contribution in [0.3, 0.4) is 0 Å². The lowest BCUT2D eigenvalue weighted by Gasteiger charge is -2.40. The van der Waals surface area contributed by atoms with Crippen molar-refractivity contribution in [2.24, 2.45) is 5.73 Å². The van der Waals surface area contributed by atoms with E-state index in [4.69, 9.17) is 15.2 Å². The molecule has 2 rings (SSSR count). The Balaban J connectivity index is 2.17. The van der Waals surface area contributed by atoms with Gasteiger partial charge in [0.25, 0.3) is 0 Å². The number of likely N-dealkylation sites (tertiary alicyclic amines) is 1. The highest BCUT2D eigenvalue weighted by Gasteiger charge is 2.27. The maximum Gasteiger partial charge on any atom is 0.123 e. The Morgan fingerprint density at radius 3 is 2.43 bits per heavy atom. The van der Waals surface area contributed by atoms with Crippen molar-refractivity contribution < 1.29 is 9.47 Å². The van der Waals surface area contributed by atoms with E-state index >= 15 is 0 Å². The SMILES string of the molecule is COc1ccc(OC)c(C(N)CN2C(C)CCCC2C)c1. The van der Waals surface area contributed by atoms with Crippen LogP contribution >= 0.6 is 0 Å². The second-order valence-electron chi connectivity index (χ2n) is 6.04. The number of ether oxygens (including phenoxy) is 2. The lowest BCUT2D eigenvalue weighted by molar-refractivity contribution is 0.0958. The van der Waals surface area contributed by atoms with E-state index in [0.717, 1.165) is 23.6 Å². The summed E-state index contributed by atoms with van der Waals surface area (Å²) in [6, 6.07) is 6.94. The first-order valence-corrected chi connectivity index (χ1v) is 7.80. The van der Waals surface area contributed by atoms with Crippen molar-refractivity contribution in [1.29, 1.82) is 0 Å². The second kappa shape index (κ2) is 7.14. The summed E-state index contributed by atoms with van der Waals surface area (Å²) in [5, 5.41) is 0. The predicted octanol–water partition coefficient (Wildman–Crippen LogP) is 2.97. The zero-order valence-electron chi connectivity index (χ0n) is 13.6. The number of methoxy groups -OCH3 is 2. The van der Waals surface area contributed by atoms with Crippen LogP contribution in [-0.2, 0) is 0 Å². The maximum atomic E-state index is 6.47. The average Bonchev–Trinajstić information content (AvgIpc) is 2.50. The molecule has 1 saturated heterocycles. The Hall–Kier alpha value is -1.26. The smallest absolute Gasteiger partial charge is 0.123 e. The van der Waals surface area contributed by atoms with E-state index in [0.29, 0.717) is 12.1 Å². The maximum absolute atomic E-state index is 6.47. The van der Waals surface area contributed by atoms with Crippen molar-refractivity contribution in [3.8, 4) is 11.5 Å². The molecule has 0 aromatic heterocycles. The molecule has 3 atom stereocenters.